The summed E-state index contributed by atoms with van der Waals surface area (Å²) < 4.78 is 47.3. The molecule has 0 unspecified atom stereocenters. The molecule has 3 aromatic rings. The van der Waals surface area contributed by atoms with E-state index in [0.29, 0.717) is 5.39 Å². The summed E-state index contributed by atoms with van der Waals surface area (Å²) in [4.78, 5) is 0. The molecular formula is C20H17F3O. The van der Waals surface area contributed by atoms with Crippen LogP contribution in [0.4, 0.5) is 13.2 Å². The van der Waals surface area contributed by atoms with Crippen molar-refractivity contribution in [2.24, 2.45) is 0 Å². The average molecular weight is 330 g/mol. The minimum absolute atomic E-state index is 0.142. The fraction of sp³-hybridized carbons (Fsp3) is 0.200. The third kappa shape index (κ3) is 2.84. The molecule has 0 radical (unpaired) electrons. The maximum Gasteiger partial charge on any atom is 0.190 e. The fourth-order valence-corrected chi connectivity index (χ4v) is 2.92. The van der Waals surface area contributed by atoms with Crippen molar-refractivity contribution < 1.29 is 17.9 Å². The van der Waals surface area contributed by atoms with Crippen LogP contribution in [0.1, 0.15) is 18.9 Å². The van der Waals surface area contributed by atoms with Crippen LogP contribution in [0.25, 0.3) is 21.9 Å². The molecule has 1 nitrogen and oxygen atoms in total. The summed E-state index contributed by atoms with van der Waals surface area (Å²) in [5.41, 5.74) is 1.44. The van der Waals surface area contributed by atoms with Crippen LogP contribution in [-0.2, 0) is 6.42 Å². The third-order valence-electron chi connectivity index (χ3n) is 4.07. The molecule has 0 atom stereocenters. The lowest BCUT2D eigenvalue weighted by Gasteiger charge is -2.10. The largest absolute Gasteiger partial charge is 0.491 e. The Labute approximate surface area is 138 Å². The smallest absolute Gasteiger partial charge is 0.190 e. The molecule has 3 rings (SSSR count). The van der Waals surface area contributed by atoms with E-state index in [1.165, 1.54) is 7.11 Å². The highest BCUT2D eigenvalue weighted by Crippen LogP contribution is 2.33. The molecule has 0 saturated heterocycles. The first-order chi connectivity index (χ1) is 11.5. The van der Waals surface area contributed by atoms with E-state index in [4.69, 9.17) is 0 Å². The van der Waals surface area contributed by atoms with Gasteiger partial charge in [-0.2, -0.15) is 0 Å². The lowest BCUT2D eigenvalue weighted by Crippen LogP contribution is -1.95. The van der Waals surface area contributed by atoms with Gasteiger partial charge in [-0.3, -0.25) is 0 Å². The summed E-state index contributed by atoms with van der Waals surface area (Å²) in [7, 11) is 1.19. The highest BCUT2D eigenvalue weighted by Gasteiger charge is 2.16. The normalized spacial score (nSPS) is 11.0. The first-order valence-corrected chi connectivity index (χ1v) is 7.79. The molecule has 0 aliphatic rings. The van der Waals surface area contributed by atoms with Crippen molar-refractivity contribution in [3.63, 3.8) is 0 Å². The molecule has 4 heteroatoms. The summed E-state index contributed by atoms with van der Waals surface area (Å²) in [5.74, 6) is -2.67. The van der Waals surface area contributed by atoms with Crippen molar-refractivity contribution in [1.29, 1.82) is 0 Å². The predicted molar refractivity (Wildman–Crippen MR) is 89.8 cm³/mol. The topological polar surface area (TPSA) is 9.23 Å². The van der Waals surface area contributed by atoms with Gasteiger partial charge in [0.2, 0.25) is 0 Å². The quantitative estimate of drug-likeness (QED) is 0.580. The zero-order chi connectivity index (χ0) is 17.3. The Kier molecular flexibility index (Phi) is 4.47. The molecule has 0 bridgehead atoms. The van der Waals surface area contributed by atoms with Crippen molar-refractivity contribution in [2.45, 2.75) is 19.8 Å². The van der Waals surface area contributed by atoms with E-state index in [1.54, 1.807) is 18.2 Å². The standard InChI is InChI=1S/C20H17F3O/c1-3-4-12-5-7-15-13(9-12)6-8-16(19(15)23)14-10-17(21)20(24-2)18(22)11-14/h5-11H,3-4H2,1-2H3. The van der Waals surface area contributed by atoms with Gasteiger partial charge in [0.1, 0.15) is 5.82 Å². The number of halogens is 3. The number of benzene rings is 3. The van der Waals surface area contributed by atoms with Gasteiger partial charge in [-0.15, -0.1) is 0 Å². The summed E-state index contributed by atoms with van der Waals surface area (Å²) in [6, 6.07) is 11.0. The molecule has 124 valence electrons. The maximum absolute atomic E-state index is 14.8. The molecular weight excluding hydrogens is 313 g/mol. The highest BCUT2D eigenvalue weighted by atomic mass is 19.1. The number of methoxy groups -OCH3 is 1. The van der Waals surface area contributed by atoms with E-state index in [2.05, 4.69) is 11.7 Å². The van der Waals surface area contributed by atoms with E-state index in [1.807, 2.05) is 12.1 Å². The van der Waals surface area contributed by atoms with Crippen molar-refractivity contribution in [3.05, 3.63) is 65.5 Å². The van der Waals surface area contributed by atoms with Crippen LogP contribution in [0.2, 0.25) is 0 Å². The van der Waals surface area contributed by atoms with Gasteiger partial charge in [0.15, 0.2) is 17.4 Å². The molecule has 0 heterocycles. The van der Waals surface area contributed by atoms with Crippen LogP contribution in [0, 0.1) is 17.5 Å². The molecule has 0 N–H and O–H groups in total. The van der Waals surface area contributed by atoms with Crippen molar-refractivity contribution in [3.8, 4) is 16.9 Å². The van der Waals surface area contributed by atoms with Crippen LogP contribution in [0.5, 0.6) is 5.75 Å². The van der Waals surface area contributed by atoms with Gasteiger partial charge in [0.25, 0.3) is 0 Å². The molecule has 3 aromatic carbocycles. The number of ether oxygens (including phenoxy) is 1. The van der Waals surface area contributed by atoms with E-state index < -0.39 is 23.2 Å². The van der Waals surface area contributed by atoms with E-state index in [9.17, 15) is 13.2 Å². The number of hydrogen-bond donors (Lipinski definition) is 0. The zero-order valence-electron chi connectivity index (χ0n) is 13.5. The van der Waals surface area contributed by atoms with Crippen molar-refractivity contribution in [1.82, 2.24) is 0 Å². The Hall–Kier alpha value is -2.49. The highest BCUT2D eigenvalue weighted by molar-refractivity contribution is 5.88. The minimum atomic E-state index is -0.856. The Bertz CT molecular complexity index is 880. The second kappa shape index (κ2) is 6.56. The first kappa shape index (κ1) is 16.4. The van der Waals surface area contributed by atoms with Crippen molar-refractivity contribution >= 4 is 10.8 Å². The molecule has 0 saturated carbocycles. The van der Waals surface area contributed by atoms with Gasteiger partial charge < -0.3 is 4.74 Å². The van der Waals surface area contributed by atoms with Gasteiger partial charge in [0.05, 0.1) is 7.11 Å². The Morgan fingerprint density at radius 1 is 0.917 bits per heavy atom. The first-order valence-electron chi connectivity index (χ1n) is 7.79. The molecule has 0 amide bonds. The van der Waals surface area contributed by atoms with Gasteiger partial charge >= 0.3 is 0 Å². The minimum Gasteiger partial charge on any atom is -0.491 e. The third-order valence-corrected chi connectivity index (χ3v) is 4.07. The van der Waals surface area contributed by atoms with Crippen LogP contribution >= 0.6 is 0 Å². The van der Waals surface area contributed by atoms with Gasteiger partial charge in [-0.25, -0.2) is 13.2 Å². The summed E-state index contributed by atoms with van der Waals surface area (Å²) >= 11 is 0. The monoisotopic (exact) mass is 330 g/mol. The number of aryl methyl sites for hydroxylation is 1. The number of fused-ring (bicyclic) bond motifs is 1. The second-order valence-electron chi connectivity index (χ2n) is 5.71. The Morgan fingerprint density at radius 3 is 2.25 bits per heavy atom. The van der Waals surface area contributed by atoms with Crippen LogP contribution in [0.3, 0.4) is 0 Å². The maximum atomic E-state index is 14.8. The van der Waals surface area contributed by atoms with E-state index >= 15 is 0 Å². The SMILES string of the molecule is CCCc1ccc2c(F)c(-c3cc(F)c(OC)c(F)c3)ccc2c1. The molecule has 0 aliphatic carbocycles. The predicted octanol–water partition coefficient (Wildman–Crippen LogP) is 5.89. The summed E-state index contributed by atoms with van der Waals surface area (Å²) in [5, 5.41) is 1.21. The van der Waals surface area contributed by atoms with Gasteiger partial charge in [0, 0.05) is 10.9 Å². The van der Waals surface area contributed by atoms with Gasteiger partial charge in [-0.1, -0.05) is 43.7 Å². The van der Waals surface area contributed by atoms with Crippen LogP contribution < -0.4 is 4.74 Å². The Morgan fingerprint density at radius 2 is 1.62 bits per heavy atom. The van der Waals surface area contributed by atoms with E-state index in [0.717, 1.165) is 35.9 Å². The molecule has 0 aliphatic heterocycles. The number of rotatable bonds is 4. The lowest BCUT2D eigenvalue weighted by atomic mass is 9.98. The Balaban J connectivity index is 2.14. The summed E-state index contributed by atoms with van der Waals surface area (Å²) in [6.07, 6.45) is 1.94. The fourth-order valence-electron chi connectivity index (χ4n) is 2.92. The second-order valence-corrected chi connectivity index (χ2v) is 5.71. The lowest BCUT2D eigenvalue weighted by molar-refractivity contribution is 0.360. The van der Waals surface area contributed by atoms with Crippen LogP contribution in [0.15, 0.2) is 42.5 Å². The summed E-state index contributed by atoms with van der Waals surface area (Å²) in [6.45, 7) is 2.08. The molecule has 24 heavy (non-hydrogen) atoms. The average Bonchev–Trinajstić information content (AvgIpc) is 2.55. The molecule has 0 fully saturated rings. The molecule has 0 spiro atoms. The van der Waals surface area contributed by atoms with E-state index in [-0.39, 0.29) is 11.1 Å². The number of hydrogen-bond acceptors (Lipinski definition) is 1. The molecule has 0 aromatic heterocycles. The van der Waals surface area contributed by atoms with Gasteiger partial charge in [-0.05, 0) is 35.1 Å². The van der Waals surface area contributed by atoms with Crippen LogP contribution in [-0.4, -0.2) is 7.11 Å². The van der Waals surface area contributed by atoms with Crippen molar-refractivity contribution in [2.75, 3.05) is 7.11 Å². The zero-order valence-corrected chi connectivity index (χ0v) is 13.5.